The van der Waals surface area contributed by atoms with Gasteiger partial charge < -0.3 is 11.1 Å². The molecule has 0 aliphatic heterocycles. The van der Waals surface area contributed by atoms with Crippen molar-refractivity contribution in [2.75, 3.05) is 11.5 Å². The van der Waals surface area contributed by atoms with E-state index in [1.54, 1.807) is 0 Å². The third kappa shape index (κ3) is 4.13. The van der Waals surface area contributed by atoms with Gasteiger partial charge in [-0.1, -0.05) is 19.8 Å². The lowest BCUT2D eigenvalue weighted by atomic mass is 9.86. The molecule has 0 bridgehead atoms. The van der Waals surface area contributed by atoms with Crippen LogP contribution in [0.5, 0.6) is 0 Å². The van der Waals surface area contributed by atoms with Crippen LogP contribution in [0.4, 0.5) is 10.1 Å². The number of carbonyl (C=O) groups excluding carboxylic acids is 1. The summed E-state index contributed by atoms with van der Waals surface area (Å²) in [6, 6.07) is 4.50. The molecule has 1 fully saturated rings. The van der Waals surface area contributed by atoms with E-state index < -0.39 is 0 Å². The molecule has 3 N–H and O–H groups in total. The van der Waals surface area contributed by atoms with Gasteiger partial charge in [-0.3, -0.25) is 4.79 Å². The van der Waals surface area contributed by atoms with Crippen LogP contribution in [0.1, 0.15) is 32.6 Å². The molecule has 2 rings (SSSR count). The average Bonchev–Trinajstić information content (AvgIpc) is 2.42. The van der Waals surface area contributed by atoms with E-state index in [9.17, 15) is 9.18 Å². The molecule has 0 saturated heterocycles. The first-order valence-corrected chi connectivity index (χ1v) is 8.02. The number of anilines is 1. The van der Waals surface area contributed by atoms with Crippen molar-refractivity contribution >= 4 is 23.4 Å². The Kier molecular flexibility index (Phi) is 5.29. The number of nitrogens with one attached hydrogen (secondary N) is 1. The first kappa shape index (κ1) is 15.2. The summed E-state index contributed by atoms with van der Waals surface area (Å²) in [7, 11) is 0. The topological polar surface area (TPSA) is 55.1 Å². The van der Waals surface area contributed by atoms with E-state index in [1.165, 1.54) is 49.2 Å². The lowest BCUT2D eigenvalue weighted by molar-refractivity contribution is -0.119. The van der Waals surface area contributed by atoms with Gasteiger partial charge in [0.15, 0.2) is 0 Å². The van der Waals surface area contributed by atoms with Crippen molar-refractivity contribution in [2.24, 2.45) is 5.92 Å². The summed E-state index contributed by atoms with van der Waals surface area (Å²) in [6.07, 6.45) is 4.66. The zero-order valence-electron chi connectivity index (χ0n) is 11.7. The van der Waals surface area contributed by atoms with Crippen LogP contribution in [-0.2, 0) is 4.79 Å². The maximum Gasteiger partial charge on any atom is 0.230 e. The van der Waals surface area contributed by atoms with Gasteiger partial charge >= 0.3 is 0 Å². The number of thioether (sulfide) groups is 1. The van der Waals surface area contributed by atoms with E-state index in [-0.39, 0.29) is 23.5 Å². The Hall–Kier alpha value is -1.23. The molecule has 1 aliphatic rings. The summed E-state index contributed by atoms with van der Waals surface area (Å²) in [5.74, 6) is 0.481. The molecule has 0 spiro atoms. The second-order valence-corrected chi connectivity index (χ2v) is 6.42. The van der Waals surface area contributed by atoms with E-state index in [0.29, 0.717) is 16.5 Å². The number of hydrogen-bond donors (Lipinski definition) is 2. The van der Waals surface area contributed by atoms with Gasteiger partial charge in [-0.05, 0) is 37.0 Å². The zero-order chi connectivity index (χ0) is 14.5. The Labute approximate surface area is 123 Å². The molecule has 5 heteroatoms. The van der Waals surface area contributed by atoms with Gasteiger partial charge in [0.1, 0.15) is 5.82 Å². The predicted octanol–water partition coefficient (Wildman–Crippen LogP) is 3.19. The normalized spacial score (nSPS) is 22.5. The van der Waals surface area contributed by atoms with Crippen LogP contribution >= 0.6 is 11.8 Å². The third-order valence-electron chi connectivity index (χ3n) is 3.79. The van der Waals surface area contributed by atoms with E-state index in [2.05, 4.69) is 12.2 Å². The number of benzene rings is 1. The van der Waals surface area contributed by atoms with E-state index in [4.69, 9.17) is 5.73 Å². The summed E-state index contributed by atoms with van der Waals surface area (Å²) in [5, 5.41) is 3.08. The molecule has 1 aromatic carbocycles. The molecule has 0 heterocycles. The summed E-state index contributed by atoms with van der Waals surface area (Å²) in [5.41, 5.74) is 6.27. The van der Waals surface area contributed by atoms with E-state index >= 15 is 0 Å². The van der Waals surface area contributed by atoms with Crippen LogP contribution in [0.15, 0.2) is 23.1 Å². The summed E-state index contributed by atoms with van der Waals surface area (Å²) in [6.45, 7) is 2.18. The largest absolute Gasteiger partial charge is 0.398 e. The first-order valence-electron chi connectivity index (χ1n) is 7.03. The number of carbonyl (C=O) groups is 1. The highest BCUT2D eigenvalue weighted by molar-refractivity contribution is 8.00. The fraction of sp³-hybridized carbons (Fsp3) is 0.533. The van der Waals surface area contributed by atoms with Crippen molar-refractivity contribution in [2.45, 2.75) is 43.5 Å². The zero-order valence-corrected chi connectivity index (χ0v) is 12.5. The Balaban J connectivity index is 1.84. The molecule has 1 aromatic rings. The molecular weight excluding hydrogens is 275 g/mol. The minimum Gasteiger partial charge on any atom is -0.398 e. The van der Waals surface area contributed by atoms with Crippen LogP contribution in [0.2, 0.25) is 0 Å². The predicted molar refractivity (Wildman–Crippen MR) is 81.1 cm³/mol. The van der Waals surface area contributed by atoms with Gasteiger partial charge in [0.2, 0.25) is 5.91 Å². The van der Waals surface area contributed by atoms with Crippen molar-refractivity contribution in [3.8, 4) is 0 Å². The Bertz CT molecular complexity index is 481. The molecule has 110 valence electrons. The fourth-order valence-corrected chi connectivity index (χ4v) is 3.36. The molecule has 1 saturated carbocycles. The molecule has 1 amide bonds. The number of nitrogen functional groups attached to an aromatic ring is 1. The summed E-state index contributed by atoms with van der Waals surface area (Å²) >= 11 is 1.28. The average molecular weight is 296 g/mol. The Morgan fingerprint density at radius 2 is 2.20 bits per heavy atom. The molecule has 2 unspecified atom stereocenters. The van der Waals surface area contributed by atoms with Crippen LogP contribution in [0.3, 0.4) is 0 Å². The van der Waals surface area contributed by atoms with Gasteiger partial charge in [-0.2, -0.15) is 0 Å². The number of rotatable bonds is 4. The molecule has 0 aromatic heterocycles. The van der Waals surface area contributed by atoms with Crippen LogP contribution in [0.25, 0.3) is 0 Å². The van der Waals surface area contributed by atoms with Gasteiger partial charge in [0, 0.05) is 16.6 Å². The lowest BCUT2D eigenvalue weighted by Crippen LogP contribution is -2.41. The standard InChI is InChI=1S/C15H21FN2OS/c1-10-4-2-3-5-13(10)18-15(19)9-20-14-8-11(16)6-7-12(14)17/h6-8,10,13H,2-5,9,17H2,1H3,(H,18,19). The maximum atomic E-state index is 13.1. The van der Waals surface area contributed by atoms with E-state index in [0.717, 1.165) is 6.42 Å². The summed E-state index contributed by atoms with van der Waals surface area (Å²) in [4.78, 5) is 12.6. The van der Waals surface area contributed by atoms with Gasteiger partial charge in [-0.15, -0.1) is 11.8 Å². The van der Waals surface area contributed by atoms with Crippen LogP contribution in [-0.4, -0.2) is 17.7 Å². The van der Waals surface area contributed by atoms with Crippen LogP contribution < -0.4 is 11.1 Å². The minimum absolute atomic E-state index is 0.00240. The molecular formula is C15H21FN2OS. The molecule has 1 aliphatic carbocycles. The summed E-state index contributed by atoms with van der Waals surface area (Å²) < 4.78 is 13.1. The quantitative estimate of drug-likeness (QED) is 0.662. The molecule has 3 nitrogen and oxygen atoms in total. The van der Waals surface area contributed by atoms with Crippen molar-refractivity contribution < 1.29 is 9.18 Å². The maximum absolute atomic E-state index is 13.1. The smallest absolute Gasteiger partial charge is 0.230 e. The highest BCUT2D eigenvalue weighted by Gasteiger charge is 2.22. The van der Waals surface area contributed by atoms with Gasteiger partial charge in [0.05, 0.1) is 5.75 Å². The van der Waals surface area contributed by atoms with Crippen molar-refractivity contribution in [1.29, 1.82) is 0 Å². The Morgan fingerprint density at radius 3 is 2.95 bits per heavy atom. The Morgan fingerprint density at radius 1 is 1.45 bits per heavy atom. The number of hydrogen-bond acceptors (Lipinski definition) is 3. The number of halogens is 1. The molecule has 20 heavy (non-hydrogen) atoms. The number of nitrogens with two attached hydrogens (primary N) is 1. The fourth-order valence-electron chi connectivity index (χ4n) is 2.56. The number of amides is 1. The van der Waals surface area contributed by atoms with E-state index in [1.807, 2.05) is 0 Å². The second kappa shape index (κ2) is 6.97. The molecule has 0 radical (unpaired) electrons. The highest BCUT2D eigenvalue weighted by atomic mass is 32.2. The van der Waals surface area contributed by atoms with Gasteiger partial charge in [-0.25, -0.2) is 4.39 Å². The van der Waals surface area contributed by atoms with Crippen molar-refractivity contribution in [3.63, 3.8) is 0 Å². The molecule has 2 atom stereocenters. The highest BCUT2D eigenvalue weighted by Crippen LogP contribution is 2.26. The van der Waals surface area contributed by atoms with Gasteiger partial charge in [0.25, 0.3) is 0 Å². The second-order valence-electron chi connectivity index (χ2n) is 5.41. The minimum atomic E-state index is -0.331. The van der Waals surface area contributed by atoms with Crippen LogP contribution in [0, 0.1) is 11.7 Å². The van der Waals surface area contributed by atoms with Crippen molar-refractivity contribution in [1.82, 2.24) is 5.32 Å². The SMILES string of the molecule is CC1CCCCC1NC(=O)CSc1cc(F)ccc1N. The monoisotopic (exact) mass is 296 g/mol. The van der Waals surface area contributed by atoms with Crippen molar-refractivity contribution in [3.05, 3.63) is 24.0 Å². The first-order chi connectivity index (χ1) is 9.56. The lowest BCUT2D eigenvalue weighted by Gasteiger charge is -2.29. The third-order valence-corrected chi connectivity index (χ3v) is 4.86.